The Morgan fingerprint density at radius 2 is 2.20 bits per heavy atom. The first-order chi connectivity index (χ1) is 7.33. The maximum absolute atomic E-state index is 11.5. The average Bonchev–Trinajstić information content (AvgIpc) is 2.41. The molecule has 1 aromatic carbocycles. The van der Waals surface area contributed by atoms with Crippen LogP contribution in [0.15, 0.2) is 24.3 Å². The SMILES string of the molecule is O=C1OCCN(CCO)c2ccccc21. The van der Waals surface area contributed by atoms with Gasteiger partial charge >= 0.3 is 5.97 Å². The highest BCUT2D eigenvalue weighted by Crippen LogP contribution is 2.23. The summed E-state index contributed by atoms with van der Waals surface area (Å²) in [7, 11) is 0. The number of rotatable bonds is 2. The molecular formula is C11H13NO3. The van der Waals surface area contributed by atoms with Gasteiger partial charge in [0, 0.05) is 6.54 Å². The number of fused-ring (bicyclic) bond motifs is 1. The van der Waals surface area contributed by atoms with Crippen molar-refractivity contribution in [2.24, 2.45) is 0 Å². The van der Waals surface area contributed by atoms with Crippen LogP contribution < -0.4 is 4.90 Å². The molecule has 0 unspecified atom stereocenters. The minimum Gasteiger partial charge on any atom is -0.460 e. The minimum absolute atomic E-state index is 0.0719. The first-order valence-corrected chi connectivity index (χ1v) is 4.95. The standard InChI is InChI=1S/C11H13NO3/c13-7-5-12-6-8-15-11(14)9-3-1-2-4-10(9)12/h1-4,13H,5-8H2. The molecule has 1 aromatic rings. The van der Waals surface area contributed by atoms with Crippen molar-refractivity contribution in [3.05, 3.63) is 29.8 Å². The average molecular weight is 207 g/mol. The third-order valence-corrected chi connectivity index (χ3v) is 2.43. The zero-order valence-corrected chi connectivity index (χ0v) is 8.35. The number of nitrogens with zero attached hydrogens (tertiary/aromatic N) is 1. The topological polar surface area (TPSA) is 49.8 Å². The molecule has 4 nitrogen and oxygen atoms in total. The van der Waals surface area contributed by atoms with Crippen molar-refractivity contribution in [2.75, 3.05) is 31.2 Å². The highest BCUT2D eigenvalue weighted by atomic mass is 16.5. The van der Waals surface area contributed by atoms with Crippen molar-refractivity contribution in [3.63, 3.8) is 0 Å². The summed E-state index contributed by atoms with van der Waals surface area (Å²) in [5.41, 5.74) is 1.41. The maximum Gasteiger partial charge on any atom is 0.340 e. The number of anilines is 1. The van der Waals surface area contributed by atoms with E-state index in [9.17, 15) is 4.79 Å². The number of esters is 1. The van der Waals surface area contributed by atoms with Crippen LogP contribution in [0.25, 0.3) is 0 Å². The van der Waals surface area contributed by atoms with E-state index in [-0.39, 0.29) is 12.6 Å². The zero-order valence-electron chi connectivity index (χ0n) is 8.35. The number of para-hydroxylation sites is 1. The van der Waals surface area contributed by atoms with E-state index in [0.29, 0.717) is 25.3 Å². The van der Waals surface area contributed by atoms with Crippen LogP contribution >= 0.6 is 0 Å². The number of carbonyl (C=O) groups excluding carboxylic acids is 1. The Labute approximate surface area is 88.1 Å². The van der Waals surface area contributed by atoms with Crippen molar-refractivity contribution in [3.8, 4) is 0 Å². The molecule has 0 saturated heterocycles. The van der Waals surface area contributed by atoms with Gasteiger partial charge in [-0.1, -0.05) is 12.1 Å². The molecule has 0 fully saturated rings. The second kappa shape index (κ2) is 4.31. The lowest BCUT2D eigenvalue weighted by atomic mass is 10.1. The van der Waals surface area contributed by atoms with E-state index >= 15 is 0 Å². The monoisotopic (exact) mass is 207 g/mol. The Kier molecular flexibility index (Phi) is 2.87. The van der Waals surface area contributed by atoms with Crippen LogP contribution in [0.4, 0.5) is 5.69 Å². The fourth-order valence-electron chi connectivity index (χ4n) is 1.72. The van der Waals surface area contributed by atoms with Gasteiger partial charge in [-0.15, -0.1) is 0 Å². The molecule has 0 saturated carbocycles. The van der Waals surface area contributed by atoms with Crippen molar-refractivity contribution in [1.29, 1.82) is 0 Å². The zero-order chi connectivity index (χ0) is 10.7. The first kappa shape index (κ1) is 9.98. The van der Waals surface area contributed by atoms with Gasteiger partial charge in [0.25, 0.3) is 0 Å². The summed E-state index contributed by atoms with van der Waals surface area (Å²) in [5, 5.41) is 8.93. The summed E-state index contributed by atoms with van der Waals surface area (Å²) < 4.78 is 5.04. The fraction of sp³-hybridized carbons (Fsp3) is 0.364. The summed E-state index contributed by atoms with van der Waals surface area (Å²) in [5.74, 6) is -0.286. The molecule has 0 amide bonds. The summed E-state index contributed by atoms with van der Waals surface area (Å²) in [6.45, 7) is 1.59. The van der Waals surface area contributed by atoms with Gasteiger partial charge in [-0.25, -0.2) is 4.79 Å². The van der Waals surface area contributed by atoms with Crippen LogP contribution in [0.2, 0.25) is 0 Å². The summed E-state index contributed by atoms with van der Waals surface area (Å²) in [4.78, 5) is 13.5. The van der Waals surface area contributed by atoms with Gasteiger partial charge in [-0.2, -0.15) is 0 Å². The van der Waals surface area contributed by atoms with E-state index in [1.165, 1.54) is 0 Å². The highest BCUT2D eigenvalue weighted by molar-refractivity contribution is 5.96. The lowest BCUT2D eigenvalue weighted by molar-refractivity contribution is 0.0526. The third kappa shape index (κ3) is 1.94. The molecule has 0 aliphatic carbocycles. The lowest BCUT2D eigenvalue weighted by Gasteiger charge is -2.21. The molecule has 15 heavy (non-hydrogen) atoms. The Hall–Kier alpha value is -1.55. The molecule has 0 radical (unpaired) electrons. The number of aliphatic hydroxyl groups is 1. The molecular weight excluding hydrogens is 194 g/mol. The second-order valence-corrected chi connectivity index (χ2v) is 3.36. The Morgan fingerprint density at radius 3 is 3.00 bits per heavy atom. The van der Waals surface area contributed by atoms with Crippen molar-refractivity contribution in [1.82, 2.24) is 0 Å². The van der Waals surface area contributed by atoms with Gasteiger partial charge in [0.15, 0.2) is 0 Å². The molecule has 2 rings (SSSR count). The van der Waals surface area contributed by atoms with Crippen molar-refractivity contribution < 1.29 is 14.6 Å². The number of β-amino-alcohol motifs (C(OH)–C–C–N with tert-alkyl or cyclic N) is 1. The number of cyclic esters (lactones) is 1. The van der Waals surface area contributed by atoms with E-state index in [2.05, 4.69) is 0 Å². The van der Waals surface area contributed by atoms with Gasteiger partial charge < -0.3 is 14.7 Å². The van der Waals surface area contributed by atoms with Crippen LogP contribution in [0.1, 0.15) is 10.4 Å². The Morgan fingerprint density at radius 1 is 1.40 bits per heavy atom. The van der Waals surface area contributed by atoms with Crippen LogP contribution in [0, 0.1) is 0 Å². The predicted octanol–water partition coefficient (Wildman–Crippen LogP) is 0.656. The normalized spacial score (nSPS) is 15.5. The quantitative estimate of drug-likeness (QED) is 0.724. The largest absolute Gasteiger partial charge is 0.460 e. The number of hydrogen-bond acceptors (Lipinski definition) is 4. The highest BCUT2D eigenvalue weighted by Gasteiger charge is 2.20. The number of aliphatic hydroxyl groups excluding tert-OH is 1. The number of carbonyl (C=O) groups is 1. The second-order valence-electron chi connectivity index (χ2n) is 3.36. The van der Waals surface area contributed by atoms with Crippen LogP contribution in [0.3, 0.4) is 0 Å². The predicted molar refractivity (Wildman–Crippen MR) is 56.0 cm³/mol. The van der Waals surface area contributed by atoms with Gasteiger partial charge in [-0.05, 0) is 12.1 Å². The van der Waals surface area contributed by atoms with Crippen LogP contribution in [0.5, 0.6) is 0 Å². The van der Waals surface area contributed by atoms with E-state index in [1.54, 1.807) is 6.07 Å². The summed E-state index contributed by atoms with van der Waals surface area (Å²) in [6, 6.07) is 7.30. The number of benzene rings is 1. The van der Waals surface area contributed by atoms with Gasteiger partial charge in [0.05, 0.1) is 24.4 Å². The Bertz CT molecular complexity index is 365. The van der Waals surface area contributed by atoms with Gasteiger partial charge in [-0.3, -0.25) is 0 Å². The van der Waals surface area contributed by atoms with E-state index < -0.39 is 0 Å². The molecule has 0 aromatic heterocycles. The van der Waals surface area contributed by atoms with E-state index in [0.717, 1.165) is 5.69 Å². The van der Waals surface area contributed by atoms with Crippen LogP contribution in [-0.4, -0.2) is 37.4 Å². The summed E-state index contributed by atoms with van der Waals surface area (Å²) in [6.07, 6.45) is 0. The Balaban J connectivity index is 2.38. The molecule has 1 N–H and O–H groups in total. The first-order valence-electron chi connectivity index (χ1n) is 4.95. The lowest BCUT2D eigenvalue weighted by Crippen LogP contribution is -2.29. The van der Waals surface area contributed by atoms with E-state index in [1.807, 2.05) is 23.1 Å². The molecule has 1 aliphatic heterocycles. The molecule has 0 spiro atoms. The molecule has 0 bridgehead atoms. The third-order valence-electron chi connectivity index (χ3n) is 2.43. The molecule has 80 valence electrons. The number of ether oxygens (including phenoxy) is 1. The smallest absolute Gasteiger partial charge is 0.340 e. The van der Waals surface area contributed by atoms with E-state index in [4.69, 9.17) is 9.84 Å². The molecule has 4 heteroatoms. The van der Waals surface area contributed by atoms with Crippen LogP contribution in [-0.2, 0) is 4.74 Å². The minimum atomic E-state index is -0.286. The van der Waals surface area contributed by atoms with Gasteiger partial charge in [0.2, 0.25) is 0 Å². The molecule has 0 atom stereocenters. The fourth-order valence-corrected chi connectivity index (χ4v) is 1.72. The maximum atomic E-state index is 11.5. The van der Waals surface area contributed by atoms with Gasteiger partial charge in [0.1, 0.15) is 6.61 Å². The van der Waals surface area contributed by atoms with Crippen molar-refractivity contribution >= 4 is 11.7 Å². The molecule has 1 heterocycles. The van der Waals surface area contributed by atoms with Crippen molar-refractivity contribution in [2.45, 2.75) is 0 Å². The molecule has 1 aliphatic rings. The summed E-state index contributed by atoms with van der Waals surface area (Å²) >= 11 is 0. The number of hydrogen-bond donors (Lipinski definition) is 1.